The summed E-state index contributed by atoms with van der Waals surface area (Å²) in [6.45, 7) is 4.78. The van der Waals surface area contributed by atoms with Crippen molar-refractivity contribution in [2.45, 2.75) is 19.1 Å². The monoisotopic (exact) mass is 282 g/mol. The minimum Gasteiger partial charge on any atom is -0.311 e. The molecule has 0 aliphatic rings. The number of hydrogen-bond donors (Lipinski definition) is 0. The van der Waals surface area contributed by atoms with Crippen LogP contribution in [-0.4, -0.2) is 23.5 Å². The number of carbonyl (C=O) groups excluding carboxylic acids is 1. The number of alkyl halides is 3. The first-order valence-corrected chi connectivity index (χ1v) is 5.76. The van der Waals surface area contributed by atoms with E-state index in [0.717, 1.165) is 11.6 Å². The van der Waals surface area contributed by atoms with Crippen LogP contribution in [0.1, 0.15) is 17.2 Å². The molecule has 1 aromatic carbocycles. The zero-order chi connectivity index (χ0) is 15.3. The Hall–Kier alpha value is -2.29. The van der Waals surface area contributed by atoms with Gasteiger partial charge in [0.2, 0.25) is 0 Å². The standard InChI is InChI=1S/C14H13F3N2O/c1-3-8-19(13(20)14(15,16)17)12(9-18)11-6-4-10(2)5-7-11/h3-7,12H,1,8H2,2H3. The average Bonchev–Trinajstić information content (AvgIpc) is 2.38. The highest BCUT2D eigenvalue weighted by molar-refractivity contribution is 5.82. The molecule has 20 heavy (non-hydrogen) atoms. The number of hydrogen-bond acceptors (Lipinski definition) is 2. The first-order chi connectivity index (χ1) is 9.31. The van der Waals surface area contributed by atoms with E-state index in [2.05, 4.69) is 6.58 Å². The average molecular weight is 282 g/mol. The highest BCUT2D eigenvalue weighted by Crippen LogP contribution is 2.26. The quantitative estimate of drug-likeness (QED) is 0.796. The molecule has 1 rings (SSSR count). The van der Waals surface area contributed by atoms with Crippen molar-refractivity contribution in [3.8, 4) is 6.07 Å². The normalized spacial score (nSPS) is 12.3. The van der Waals surface area contributed by atoms with E-state index in [9.17, 15) is 18.0 Å². The van der Waals surface area contributed by atoms with Gasteiger partial charge in [0.25, 0.3) is 0 Å². The number of halogens is 3. The molecule has 0 aliphatic heterocycles. The van der Waals surface area contributed by atoms with Gasteiger partial charge in [-0.25, -0.2) is 0 Å². The lowest BCUT2D eigenvalue weighted by atomic mass is 10.0. The Kier molecular flexibility index (Phi) is 4.92. The van der Waals surface area contributed by atoms with Crippen LogP contribution in [0.4, 0.5) is 13.2 Å². The van der Waals surface area contributed by atoms with Gasteiger partial charge in [-0.15, -0.1) is 6.58 Å². The molecule has 0 radical (unpaired) electrons. The Morgan fingerprint density at radius 3 is 2.40 bits per heavy atom. The second-order valence-electron chi connectivity index (χ2n) is 4.19. The summed E-state index contributed by atoms with van der Waals surface area (Å²) in [5.41, 5.74) is 1.24. The Labute approximate surface area is 114 Å². The van der Waals surface area contributed by atoms with Crippen molar-refractivity contribution in [3.05, 3.63) is 48.0 Å². The van der Waals surface area contributed by atoms with Crippen LogP contribution in [-0.2, 0) is 4.79 Å². The molecule has 3 nitrogen and oxygen atoms in total. The molecular weight excluding hydrogens is 269 g/mol. The fraction of sp³-hybridized carbons (Fsp3) is 0.286. The van der Waals surface area contributed by atoms with E-state index in [1.807, 2.05) is 6.92 Å². The SMILES string of the molecule is C=CCN(C(=O)C(F)(F)F)C(C#N)c1ccc(C)cc1. The van der Waals surface area contributed by atoms with Crippen LogP contribution < -0.4 is 0 Å². The fourth-order valence-corrected chi connectivity index (χ4v) is 1.68. The van der Waals surface area contributed by atoms with E-state index in [-0.39, 0.29) is 6.54 Å². The fourth-order valence-electron chi connectivity index (χ4n) is 1.68. The highest BCUT2D eigenvalue weighted by atomic mass is 19.4. The zero-order valence-corrected chi connectivity index (χ0v) is 10.8. The lowest BCUT2D eigenvalue weighted by molar-refractivity contribution is -0.186. The van der Waals surface area contributed by atoms with Crippen molar-refractivity contribution in [3.63, 3.8) is 0 Å². The van der Waals surface area contributed by atoms with E-state index in [1.54, 1.807) is 18.2 Å². The predicted octanol–water partition coefficient (Wildman–Crippen LogP) is 3.14. The molecule has 106 valence electrons. The Balaban J connectivity index is 3.17. The van der Waals surface area contributed by atoms with Gasteiger partial charge in [-0.2, -0.15) is 18.4 Å². The van der Waals surface area contributed by atoms with Crippen molar-refractivity contribution >= 4 is 5.91 Å². The summed E-state index contributed by atoms with van der Waals surface area (Å²) >= 11 is 0. The molecule has 1 unspecified atom stereocenters. The number of amides is 1. The highest BCUT2D eigenvalue weighted by Gasteiger charge is 2.44. The summed E-state index contributed by atoms with van der Waals surface area (Å²) in [6, 6.07) is 6.83. The maximum atomic E-state index is 12.6. The third kappa shape index (κ3) is 3.60. The smallest absolute Gasteiger partial charge is 0.311 e. The van der Waals surface area contributed by atoms with Crippen LogP contribution in [0.15, 0.2) is 36.9 Å². The van der Waals surface area contributed by atoms with Gasteiger partial charge in [0.15, 0.2) is 0 Å². The molecule has 0 N–H and O–H groups in total. The van der Waals surface area contributed by atoms with Crippen LogP contribution in [0.2, 0.25) is 0 Å². The van der Waals surface area contributed by atoms with E-state index in [0.29, 0.717) is 10.5 Å². The number of aryl methyl sites for hydroxylation is 1. The molecule has 1 aromatic rings. The summed E-state index contributed by atoms with van der Waals surface area (Å²) in [5.74, 6) is -2.05. The third-order valence-corrected chi connectivity index (χ3v) is 2.66. The molecule has 0 spiro atoms. The van der Waals surface area contributed by atoms with Crippen molar-refractivity contribution < 1.29 is 18.0 Å². The van der Waals surface area contributed by atoms with Gasteiger partial charge in [0.1, 0.15) is 6.04 Å². The number of rotatable bonds is 4. The molecule has 6 heteroatoms. The molecule has 1 atom stereocenters. The molecule has 0 aliphatic carbocycles. The summed E-state index contributed by atoms with van der Waals surface area (Å²) in [6.07, 6.45) is -3.87. The summed E-state index contributed by atoms with van der Waals surface area (Å²) in [4.78, 5) is 11.9. The van der Waals surface area contributed by atoms with Crippen LogP contribution in [0, 0.1) is 18.3 Å². The van der Waals surface area contributed by atoms with Crippen molar-refractivity contribution in [1.82, 2.24) is 4.90 Å². The minimum absolute atomic E-state index is 0.331. The Morgan fingerprint density at radius 2 is 2.00 bits per heavy atom. The molecule has 0 saturated carbocycles. The summed E-state index contributed by atoms with van der Waals surface area (Å²) in [5, 5.41) is 9.11. The van der Waals surface area contributed by atoms with Crippen molar-refractivity contribution in [2.75, 3.05) is 6.54 Å². The molecule has 0 fully saturated rings. The number of nitriles is 1. The molecule has 1 amide bonds. The van der Waals surface area contributed by atoms with Gasteiger partial charge < -0.3 is 4.90 Å². The first-order valence-electron chi connectivity index (χ1n) is 5.76. The van der Waals surface area contributed by atoms with Gasteiger partial charge in [-0.1, -0.05) is 35.9 Å². The zero-order valence-electron chi connectivity index (χ0n) is 10.8. The van der Waals surface area contributed by atoms with E-state index in [1.165, 1.54) is 12.1 Å². The molecule has 0 aromatic heterocycles. The maximum Gasteiger partial charge on any atom is 0.471 e. The largest absolute Gasteiger partial charge is 0.471 e. The first kappa shape index (κ1) is 15.8. The minimum atomic E-state index is -5.02. The van der Waals surface area contributed by atoms with Crippen LogP contribution in [0.3, 0.4) is 0 Å². The Morgan fingerprint density at radius 1 is 1.45 bits per heavy atom. The Bertz CT molecular complexity index is 529. The van der Waals surface area contributed by atoms with Crippen LogP contribution in [0.25, 0.3) is 0 Å². The van der Waals surface area contributed by atoms with Gasteiger partial charge in [-0.3, -0.25) is 4.79 Å². The molecule has 0 saturated heterocycles. The van der Waals surface area contributed by atoms with Gasteiger partial charge >= 0.3 is 12.1 Å². The van der Waals surface area contributed by atoms with Gasteiger partial charge in [0, 0.05) is 6.54 Å². The van der Waals surface area contributed by atoms with Crippen molar-refractivity contribution in [2.24, 2.45) is 0 Å². The number of benzene rings is 1. The van der Waals surface area contributed by atoms with E-state index in [4.69, 9.17) is 5.26 Å². The van der Waals surface area contributed by atoms with E-state index >= 15 is 0 Å². The maximum absolute atomic E-state index is 12.6. The number of carbonyl (C=O) groups is 1. The molecular formula is C14H13F3N2O. The van der Waals surface area contributed by atoms with Gasteiger partial charge in [-0.05, 0) is 12.5 Å². The second kappa shape index (κ2) is 6.24. The van der Waals surface area contributed by atoms with Gasteiger partial charge in [0.05, 0.1) is 6.07 Å². The topological polar surface area (TPSA) is 44.1 Å². The second-order valence-corrected chi connectivity index (χ2v) is 4.19. The molecule has 0 bridgehead atoms. The van der Waals surface area contributed by atoms with Crippen LogP contribution >= 0.6 is 0 Å². The lowest BCUT2D eigenvalue weighted by Gasteiger charge is -2.27. The molecule has 0 heterocycles. The van der Waals surface area contributed by atoms with Crippen molar-refractivity contribution in [1.29, 1.82) is 5.26 Å². The summed E-state index contributed by atoms with van der Waals surface area (Å²) in [7, 11) is 0. The lowest BCUT2D eigenvalue weighted by Crippen LogP contribution is -2.43. The predicted molar refractivity (Wildman–Crippen MR) is 67.5 cm³/mol. The summed E-state index contributed by atoms with van der Waals surface area (Å²) < 4.78 is 37.7. The number of nitrogens with zero attached hydrogens (tertiary/aromatic N) is 2. The van der Waals surface area contributed by atoms with E-state index < -0.39 is 18.1 Å². The third-order valence-electron chi connectivity index (χ3n) is 2.66. The van der Waals surface area contributed by atoms with Crippen LogP contribution in [0.5, 0.6) is 0 Å².